The van der Waals surface area contributed by atoms with Gasteiger partial charge in [0.1, 0.15) is 6.04 Å². The van der Waals surface area contributed by atoms with Crippen molar-refractivity contribution < 1.29 is 27.5 Å². The fourth-order valence-corrected chi connectivity index (χ4v) is 1.51. The maximum absolute atomic E-state index is 11.8. The Hall–Kier alpha value is -0.920. The Morgan fingerprint density at radius 3 is 2.38 bits per heavy atom. The summed E-state index contributed by atoms with van der Waals surface area (Å²) < 4.78 is 39.8. The van der Waals surface area contributed by atoms with Gasteiger partial charge in [0.2, 0.25) is 5.91 Å². The Labute approximate surface area is 94.9 Å². The number of hydrogen-bond donors (Lipinski definition) is 1. The molecule has 1 unspecified atom stereocenters. The van der Waals surface area contributed by atoms with Crippen LogP contribution in [-0.4, -0.2) is 36.3 Å². The number of carbonyl (C=O) groups excluding carboxylic acids is 2. The lowest BCUT2D eigenvalue weighted by Gasteiger charge is -2.15. The molecule has 1 atom stereocenters. The Morgan fingerprint density at radius 1 is 1.44 bits per heavy atom. The number of methoxy groups -OCH3 is 1. The van der Waals surface area contributed by atoms with E-state index in [-0.39, 0.29) is 23.9 Å². The van der Waals surface area contributed by atoms with Crippen molar-refractivity contribution in [3.05, 3.63) is 0 Å². The molecule has 0 aromatic heterocycles. The minimum atomic E-state index is -4.34. The quantitative estimate of drug-likeness (QED) is 0.756. The third-order valence-corrected chi connectivity index (χ3v) is 2.30. The van der Waals surface area contributed by atoms with Crippen LogP contribution < -0.4 is 5.32 Å². The van der Waals surface area contributed by atoms with Gasteiger partial charge in [-0.05, 0) is 6.42 Å². The molecule has 4 nitrogen and oxygen atoms in total. The predicted molar refractivity (Wildman–Crippen MR) is 52.8 cm³/mol. The first kappa shape index (κ1) is 15.1. The molecule has 1 amide bonds. The molecule has 0 aromatic carbocycles. The van der Waals surface area contributed by atoms with Crippen LogP contribution in [0.1, 0.15) is 13.3 Å². The molecular formula is C8H12F3NO3S. The molecular weight excluding hydrogens is 247 g/mol. The van der Waals surface area contributed by atoms with Gasteiger partial charge in [-0.3, -0.25) is 4.79 Å². The summed E-state index contributed by atoms with van der Waals surface area (Å²) in [5, 5.41) is 2.22. The maximum Gasteiger partial charge on any atom is 0.441 e. The van der Waals surface area contributed by atoms with Gasteiger partial charge in [-0.2, -0.15) is 13.2 Å². The Balaban J connectivity index is 4.12. The molecule has 0 heterocycles. The first-order chi connectivity index (χ1) is 7.26. The van der Waals surface area contributed by atoms with Gasteiger partial charge in [-0.25, -0.2) is 4.79 Å². The van der Waals surface area contributed by atoms with Crippen LogP contribution in [0.15, 0.2) is 0 Å². The van der Waals surface area contributed by atoms with Gasteiger partial charge in [0, 0.05) is 12.7 Å². The summed E-state index contributed by atoms with van der Waals surface area (Å²) in [5.41, 5.74) is -4.34. The van der Waals surface area contributed by atoms with Crippen LogP contribution in [0.3, 0.4) is 0 Å². The van der Waals surface area contributed by atoms with E-state index in [1.54, 1.807) is 0 Å². The highest BCUT2D eigenvalue weighted by Gasteiger charge is 2.29. The number of thioether (sulfide) groups is 1. The van der Waals surface area contributed by atoms with Crippen LogP contribution in [0.2, 0.25) is 0 Å². The van der Waals surface area contributed by atoms with Crippen LogP contribution in [0.5, 0.6) is 0 Å². The summed E-state index contributed by atoms with van der Waals surface area (Å²) in [5.74, 6) is -1.56. The molecule has 0 radical (unpaired) electrons. The van der Waals surface area contributed by atoms with E-state index in [9.17, 15) is 22.8 Å². The lowest BCUT2D eigenvalue weighted by Crippen LogP contribution is -2.40. The van der Waals surface area contributed by atoms with E-state index in [4.69, 9.17) is 0 Å². The third kappa shape index (κ3) is 7.38. The molecule has 0 aromatic rings. The van der Waals surface area contributed by atoms with Crippen molar-refractivity contribution in [2.75, 3.05) is 12.9 Å². The van der Waals surface area contributed by atoms with E-state index in [2.05, 4.69) is 10.1 Å². The summed E-state index contributed by atoms with van der Waals surface area (Å²) in [6.45, 7) is 1.17. The Bertz CT molecular complexity index is 257. The van der Waals surface area contributed by atoms with Crippen molar-refractivity contribution in [2.24, 2.45) is 0 Å². The molecule has 0 aliphatic rings. The fraction of sp³-hybridized carbons (Fsp3) is 0.750. The van der Waals surface area contributed by atoms with Crippen LogP contribution in [-0.2, 0) is 14.3 Å². The number of ether oxygens (including phenoxy) is 1. The fourth-order valence-electron chi connectivity index (χ4n) is 0.929. The van der Waals surface area contributed by atoms with Crippen molar-refractivity contribution >= 4 is 23.6 Å². The molecule has 0 rings (SSSR count). The smallest absolute Gasteiger partial charge is 0.441 e. The summed E-state index contributed by atoms with van der Waals surface area (Å²) in [4.78, 5) is 21.8. The highest BCUT2D eigenvalue weighted by molar-refractivity contribution is 8.00. The van der Waals surface area contributed by atoms with Crippen molar-refractivity contribution in [3.8, 4) is 0 Å². The number of amides is 1. The van der Waals surface area contributed by atoms with E-state index in [0.29, 0.717) is 0 Å². The molecule has 0 aliphatic heterocycles. The van der Waals surface area contributed by atoms with Gasteiger partial charge in [-0.1, -0.05) is 11.8 Å². The molecule has 0 bridgehead atoms. The minimum absolute atomic E-state index is 0.129. The van der Waals surface area contributed by atoms with E-state index < -0.39 is 23.4 Å². The number of halogens is 3. The summed E-state index contributed by atoms with van der Waals surface area (Å²) in [6, 6.07) is -1.03. The number of carbonyl (C=O) groups is 2. The van der Waals surface area contributed by atoms with Gasteiger partial charge in [-0.15, -0.1) is 0 Å². The predicted octanol–water partition coefficient (Wildman–Crippen LogP) is 1.31. The molecule has 16 heavy (non-hydrogen) atoms. The standard InChI is InChI=1S/C8H12F3NO3S/c1-5(13)12-6(7(14)15-2)3-4-16-8(9,10)11/h6H,3-4H2,1-2H3,(H,12,13). The van der Waals surface area contributed by atoms with E-state index in [1.807, 2.05) is 0 Å². The highest BCUT2D eigenvalue weighted by atomic mass is 32.2. The normalized spacial score (nSPS) is 13.1. The van der Waals surface area contributed by atoms with Crippen LogP contribution in [0.25, 0.3) is 0 Å². The van der Waals surface area contributed by atoms with Crippen LogP contribution in [0, 0.1) is 0 Å². The van der Waals surface area contributed by atoms with Crippen LogP contribution in [0.4, 0.5) is 13.2 Å². The number of hydrogen-bond acceptors (Lipinski definition) is 4. The molecule has 1 N–H and O–H groups in total. The number of nitrogens with one attached hydrogen (secondary N) is 1. The van der Waals surface area contributed by atoms with E-state index >= 15 is 0 Å². The SMILES string of the molecule is COC(=O)C(CCSC(F)(F)F)NC(C)=O. The molecule has 8 heteroatoms. The second-order valence-electron chi connectivity index (χ2n) is 2.86. The average molecular weight is 259 g/mol. The van der Waals surface area contributed by atoms with Gasteiger partial charge in [0.15, 0.2) is 0 Å². The first-order valence-corrected chi connectivity index (χ1v) is 5.30. The molecule has 0 saturated carbocycles. The molecule has 0 fully saturated rings. The molecule has 0 aliphatic carbocycles. The second-order valence-corrected chi connectivity index (χ2v) is 4.02. The Kier molecular flexibility index (Phi) is 6.24. The number of esters is 1. The maximum atomic E-state index is 11.8. The van der Waals surface area contributed by atoms with Crippen molar-refractivity contribution in [1.82, 2.24) is 5.32 Å². The summed E-state index contributed by atoms with van der Waals surface area (Å²) in [7, 11) is 1.11. The molecule has 0 saturated heterocycles. The number of alkyl halides is 3. The van der Waals surface area contributed by atoms with Crippen LogP contribution >= 0.6 is 11.8 Å². The topological polar surface area (TPSA) is 55.4 Å². The molecule has 0 spiro atoms. The van der Waals surface area contributed by atoms with E-state index in [1.165, 1.54) is 6.92 Å². The lowest BCUT2D eigenvalue weighted by atomic mass is 10.2. The number of rotatable bonds is 5. The zero-order chi connectivity index (χ0) is 12.8. The average Bonchev–Trinajstić information content (AvgIpc) is 2.12. The summed E-state index contributed by atoms with van der Waals surface area (Å²) in [6.07, 6.45) is -0.129. The molecule has 94 valence electrons. The third-order valence-electron chi connectivity index (χ3n) is 1.54. The monoisotopic (exact) mass is 259 g/mol. The minimum Gasteiger partial charge on any atom is -0.467 e. The lowest BCUT2D eigenvalue weighted by molar-refractivity contribution is -0.144. The van der Waals surface area contributed by atoms with Crippen molar-refractivity contribution in [1.29, 1.82) is 0 Å². The zero-order valence-electron chi connectivity index (χ0n) is 8.76. The zero-order valence-corrected chi connectivity index (χ0v) is 9.57. The van der Waals surface area contributed by atoms with Gasteiger partial charge in [0.25, 0.3) is 0 Å². The van der Waals surface area contributed by atoms with E-state index in [0.717, 1.165) is 7.11 Å². The summed E-state index contributed by atoms with van der Waals surface area (Å²) >= 11 is -0.242. The van der Waals surface area contributed by atoms with Crippen molar-refractivity contribution in [3.63, 3.8) is 0 Å². The largest absolute Gasteiger partial charge is 0.467 e. The van der Waals surface area contributed by atoms with Gasteiger partial charge in [0.05, 0.1) is 7.11 Å². The van der Waals surface area contributed by atoms with Gasteiger partial charge < -0.3 is 10.1 Å². The first-order valence-electron chi connectivity index (χ1n) is 4.32. The second kappa shape index (κ2) is 6.62. The van der Waals surface area contributed by atoms with Crippen molar-refractivity contribution in [2.45, 2.75) is 24.9 Å². The Morgan fingerprint density at radius 2 is 2.00 bits per heavy atom. The highest BCUT2D eigenvalue weighted by Crippen LogP contribution is 2.30. The van der Waals surface area contributed by atoms with Gasteiger partial charge >= 0.3 is 11.5 Å².